The molecule has 0 fully saturated rings. The van der Waals surface area contributed by atoms with Crippen LogP contribution in [0.1, 0.15) is 276 Å². The Bertz CT molecular complexity index is 2450. The number of imidazole rings is 3. The summed E-state index contributed by atoms with van der Waals surface area (Å²) in [5.74, 6) is 5.05. The lowest BCUT2D eigenvalue weighted by Crippen LogP contribution is -2.24. The third kappa shape index (κ3) is 22.8. The van der Waals surface area contributed by atoms with Crippen LogP contribution in [-0.4, -0.2) is 43.4 Å². The number of oxazole rings is 1. The van der Waals surface area contributed by atoms with Crippen molar-refractivity contribution in [1.82, 2.24) is 43.4 Å². The SMILES string of the molecule is C.C.C.C.C.C.Cc1nc(C(C)(C)C)c(C)n1C.Cc1nc(C)c(C(C)(C)C)o1.Cc1nc(C)n(C(C)(C)C)c1C.Cc1nc(C)n(C)c1C(C)(C)C.Cc1nn(C)c(C)c1C(C)(C)C.Cc1sc(C(C)(C)C)c(C)c1C. The lowest BCUT2D eigenvalue weighted by Gasteiger charge is -2.24. The van der Waals surface area contributed by atoms with Crippen LogP contribution in [0, 0.1) is 96.9 Å². The molecule has 6 aromatic rings. The molecule has 0 amide bonds. The van der Waals surface area contributed by atoms with Crippen molar-refractivity contribution in [2.24, 2.45) is 21.1 Å². The van der Waals surface area contributed by atoms with Crippen molar-refractivity contribution in [3.63, 3.8) is 0 Å². The lowest BCUT2D eigenvalue weighted by molar-refractivity contribution is 0.380. The van der Waals surface area contributed by atoms with Gasteiger partial charge in [-0.15, -0.1) is 11.3 Å². The van der Waals surface area contributed by atoms with Gasteiger partial charge in [-0.1, -0.05) is 148 Å². The smallest absolute Gasteiger partial charge is 0.191 e. The average Bonchev–Trinajstić information content (AvgIpc) is 3.95. The Kier molecular flexibility index (Phi) is 33.8. The van der Waals surface area contributed by atoms with Crippen LogP contribution in [0.25, 0.3) is 0 Å². The van der Waals surface area contributed by atoms with E-state index in [0.717, 1.165) is 51.9 Å². The summed E-state index contributed by atoms with van der Waals surface area (Å²) in [7, 11) is 6.14. The first-order valence-electron chi connectivity index (χ1n) is 25.7. The number of rotatable bonds is 0. The summed E-state index contributed by atoms with van der Waals surface area (Å²) < 4.78 is 14.0. The first-order chi connectivity index (χ1) is 31.6. The van der Waals surface area contributed by atoms with Gasteiger partial charge in [0.25, 0.3) is 0 Å². The Morgan fingerprint density at radius 1 is 0.403 bits per heavy atom. The van der Waals surface area contributed by atoms with Crippen molar-refractivity contribution in [2.75, 3.05) is 0 Å². The molecule has 0 unspecified atom stereocenters. The van der Waals surface area contributed by atoms with Gasteiger partial charge in [-0.05, 0) is 133 Å². The van der Waals surface area contributed by atoms with E-state index in [4.69, 9.17) is 4.42 Å². The Balaban J connectivity index is -0.000000193. The molecule has 0 aliphatic rings. The number of thiophene rings is 1. The monoisotopic (exact) mass is 1100 g/mol. The van der Waals surface area contributed by atoms with Crippen LogP contribution in [0.15, 0.2) is 4.42 Å². The van der Waals surface area contributed by atoms with E-state index in [2.05, 4.69) is 247 Å². The molecule has 0 saturated carbocycles. The second-order valence-corrected chi connectivity index (χ2v) is 27.2. The van der Waals surface area contributed by atoms with E-state index in [1.807, 2.05) is 50.8 Å². The minimum absolute atomic E-state index is 0. The third-order valence-corrected chi connectivity index (χ3v) is 14.6. The molecule has 6 aromatic heterocycles. The topological polar surface area (TPSA) is 97.3 Å². The molecule has 11 heteroatoms. The first-order valence-corrected chi connectivity index (χ1v) is 26.5. The average molecular weight is 1100 g/mol. The molecular weight excluding hydrogens is 967 g/mol. The van der Waals surface area contributed by atoms with Gasteiger partial charge in [0.1, 0.15) is 23.2 Å². The number of hydrogen-bond donors (Lipinski definition) is 0. The molecule has 0 aliphatic carbocycles. The van der Waals surface area contributed by atoms with E-state index in [9.17, 15) is 0 Å². The summed E-state index contributed by atoms with van der Waals surface area (Å²) in [5.41, 5.74) is 16.3. The largest absolute Gasteiger partial charge is 0.445 e. The fourth-order valence-corrected chi connectivity index (χ4v) is 10.8. The second kappa shape index (κ2) is 30.9. The summed E-state index contributed by atoms with van der Waals surface area (Å²) in [6.45, 7) is 69.0. The van der Waals surface area contributed by atoms with Gasteiger partial charge in [0.15, 0.2) is 5.89 Å². The van der Waals surface area contributed by atoms with E-state index >= 15 is 0 Å². The highest BCUT2D eigenvalue weighted by Crippen LogP contribution is 2.36. The normalized spacial score (nSPS) is 11.2. The van der Waals surface area contributed by atoms with Crippen LogP contribution in [0.3, 0.4) is 0 Å². The van der Waals surface area contributed by atoms with E-state index < -0.39 is 0 Å². The van der Waals surface area contributed by atoms with Gasteiger partial charge >= 0.3 is 0 Å². The van der Waals surface area contributed by atoms with Crippen molar-refractivity contribution in [1.29, 1.82) is 0 Å². The van der Waals surface area contributed by atoms with Crippen LogP contribution in [-0.2, 0) is 53.8 Å². The minimum Gasteiger partial charge on any atom is -0.445 e. The van der Waals surface area contributed by atoms with Crippen LogP contribution in [0.5, 0.6) is 0 Å². The molecular formula is C66H129N9OS. The molecule has 10 nitrogen and oxygen atoms in total. The van der Waals surface area contributed by atoms with Crippen molar-refractivity contribution < 1.29 is 4.42 Å². The summed E-state index contributed by atoms with van der Waals surface area (Å²) in [6, 6.07) is 0. The Hall–Kier alpha value is -4.25. The Labute approximate surface area is 483 Å². The minimum atomic E-state index is 0. The fourth-order valence-electron chi connectivity index (χ4n) is 9.56. The summed E-state index contributed by atoms with van der Waals surface area (Å²) >= 11 is 1.95. The maximum atomic E-state index is 5.47. The van der Waals surface area contributed by atoms with Gasteiger partial charge in [-0.3, -0.25) is 4.68 Å². The number of aromatic nitrogens is 9. The van der Waals surface area contributed by atoms with Crippen molar-refractivity contribution in [2.45, 2.75) is 299 Å². The predicted molar refractivity (Wildman–Crippen MR) is 348 cm³/mol. The molecule has 6 heterocycles. The van der Waals surface area contributed by atoms with Crippen LogP contribution < -0.4 is 0 Å². The second-order valence-electron chi connectivity index (χ2n) is 25.9. The van der Waals surface area contributed by atoms with Gasteiger partial charge in [-0.2, -0.15) is 5.10 Å². The van der Waals surface area contributed by atoms with Crippen LogP contribution in [0.2, 0.25) is 0 Å². The molecule has 0 aliphatic heterocycles. The standard InChI is InChI=1S/C11H18S.4C10H18N2.C9H15NO.6CH4/c1-7-8(2)10(11(4,5)6)12-9(7)3;1-7-9(10(3,4)5)11-8(2)12(7)6;1-7-9(10(3,4)5)12(6)8(2)11-7;1-7-9(10(3,4)5)8(2)12(6)11-7;1-7-8(2)12(9(3)11-7)10(4,5)6;1-6-8(9(3,4)5)11-7(2)10-6;;;;;;/h5*1-6H3;1-5H3;6*1H4. The van der Waals surface area contributed by atoms with E-state index in [1.165, 1.54) is 54.9 Å². The number of nitrogens with zero attached hydrogens (tertiary/aromatic N) is 9. The van der Waals surface area contributed by atoms with Crippen molar-refractivity contribution in [3.05, 3.63) is 107 Å². The summed E-state index contributed by atoms with van der Waals surface area (Å²) in [6.07, 6.45) is 0. The lowest BCUT2D eigenvalue weighted by atomic mass is 9.85. The number of hydrogen-bond acceptors (Lipinski definition) is 7. The molecule has 0 saturated heterocycles. The van der Waals surface area contributed by atoms with Gasteiger partial charge < -0.3 is 18.1 Å². The highest BCUT2D eigenvalue weighted by Gasteiger charge is 2.25. The molecule has 6 rings (SSSR count). The quantitative estimate of drug-likeness (QED) is 0.150. The number of aryl methyl sites for hydroxylation is 10. The summed E-state index contributed by atoms with van der Waals surface area (Å²) in [5, 5.41) is 4.39. The zero-order chi connectivity index (χ0) is 56.2. The highest BCUT2D eigenvalue weighted by molar-refractivity contribution is 7.12. The van der Waals surface area contributed by atoms with Gasteiger partial charge in [-0.25, -0.2) is 19.9 Å². The molecule has 0 N–H and O–H groups in total. The Morgan fingerprint density at radius 3 is 1.00 bits per heavy atom. The van der Waals surface area contributed by atoms with Crippen molar-refractivity contribution >= 4 is 11.3 Å². The maximum absolute atomic E-state index is 5.47. The third-order valence-electron chi connectivity index (χ3n) is 12.9. The first kappa shape index (κ1) is 84.1. The van der Waals surface area contributed by atoms with E-state index in [-0.39, 0.29) is 71.8 Å². The molecule has 0 bridgehead atoms. The molecule has 450 valence electrons. The molecule has 0 radical (unpaired) electrons. The zero-order valence-corrected chi connectivity index (χ0v) is 53.2. The van der Waals surface area contributed by atoms with Gasteiger partial charge in [0.2, 0.25) is 0 Å². The van der Waals surface area contributed by atoms with E-state index in [1.54, 1.807) is 0 Å². The Morgan fingerprint density at radius 2 is 0.844 bits per heavy atom. The molecule has 0 spiro atoms. The maximum Gasteiger partial charge on any atom is 0.191 e. The van der Waals surface area contributed by atoms with Gasteiger partial charge in [0.05, 0.1) is 28.5 Å². The zero-order valence-electron chi connectivity index (χ0n) is 52.3. The van der Waals surface area contributed by atoms with Crippen LogP contribution >= 0.6 is 11.3 Å². The summed E-state index contributed by atoms with van der Waals surface area (Å²) in [4.78, 5) is 20.6. The van der Waals surface area contributed by atoms with E-state index in [0.29, 0.717) is 5.41 Å². The van der Waals surface area contributed by atoms with Gasteiger partial charge in [0, 0.05) is 87.9 Å². The fraction of sp³-hybridized carbons (Fsp3) is 0.712. The molecule has 77 heavy (non-hydrogen) atoms. The molecule has 0 aromatic carbocycles. The van der Waals surface area contributed by atoms with Crippen LogP contribution in [0.4, 0.5) is 0 Å². The molecule has 0 atom stereocenters. The van der Waals surface area contributed by atoms with Crippen molar-refractivity contribution in [3.8, 4) is 0 Å². The highest BCUT2D eigenvalue weighted by atomic mass is 32.1. The predicted octanol–water partition coefficient (Wildman–Crippen LogP) is 19.9.